The van der Waals surface area contributed by atoms with Crippen LogP contribution in [0.5, 0.6) is 5.75 Å². The van der Waals surface area contributed by atoms with Crippen molar-refractivity contribution < 1.29 is 14.3 Å². The van der Waals surface area contributed by atoms with Crippen LogP contribution < -0.4 is 10.1 Å². The Labute approximate surface area is 147 Å². The van der Waals surface area contributed by atoms with E-state index in [1.807, 2.05) is 29.2 Å². The first-order valence-corrected chi connectivity index (χ1v) is 8.45. The van der Waals surface area contributed by atoms with Gasteiger partial charge in [0.2, 0.25) is 11.8 Å². The first kappa shape index (κ1) is 17.0. The van der Waals surface area contributed by atoms with Gasteiger partial charge in [0.1, 0.15) is 5.75 Å². The van der Waals surface area contributed by atoms with Gasteiger partial charge in [0, 0.05) is 25.9 Å². The third-order valence-electron chi connectivity index (χ3n) is 4.43. The van der Waals surface area contributed by atoms with Crippen molar-refractivity contribution in [2.75, 3.05) is 19.0 Å². The van der Waals surface area contributed by atoms with Gasteiger partial charge in [0.25, 0.3) is 0 Å². The highest BCUT2D eigenvalue weighted by Gasteiger charge is 2.20. The number of amides is 2. The van der Waals surface area contributed by atoms with E-state index < -0.39 is 0 Å². The SMILES string of the molecule is COc1ccccc1NC(=O)CCC(=O)N1CCc2ccccc2C1. The summed E-state index contributed by atoms with van der Waals surface area (Å²) in [6.07, 6.45) is 1.24. The maximum Gasteiger partial charge on any atom is 0.224 e. The van der Waals surface area contributed by atoms with Crippen LogP contribution in [0.25, 0.3) is 0 Å². The lowest BCUT2D eigenvalue weighted by molar-refractivity contribution is -0.133. The van der Waals surface area contributed by atoms with Crippen molar-refractivity contribution in [3.63, 3.8) is 0 Å². The number of para-hydroxylation sites is 2. The van der Waals surface area contributed by atoms with E-state index in [9.17, 15) is 9.59 Å². The topological polar surface area (TPSA) is 58.6 Å². The Bertz CT molecular complexity index is 773. The quantitative estimate of drug-likeness (QED) is 0.912. The predicted octanol–water partition coefficient (Wildman–Crippen LogP) is 3.00. The number of fused-ring (bicyclic) bond motifs is 1. The summed E-state index contributed by atoms with van der Waals surface area (Å²) in [5, 5.41) is 2.80. The molecule has 0 aliphatic carbocycles. The van der Waals surface area contributed by atoms with Gasteiger partial charge < -0.3 is 15.0 Å². The molecule has 2 aromatic carbocycles. The van der Waals surface area contributed by atoms with Crippen LogP contribution in [-0.4, -0.2) is 30.4 Å². The molecule has 0 bridgehead atoms. The van der Waals surface area contributed by atoms with Gasteiger partial charge >= 0.3 is 0 Å². The van der Waals surface area contributed by atoms with E-state index in [0.29, 0.717) is 24.5 Å². The summed E-state index contributed by atoms with van der Waals surface area (Å²) >= 11 is 0. The van der Waals surface area contributed by atoms with Crippen molar-refractivity contribution in [3.8, 4) is 5.75 Å². The molecule has 1 aliphatic heterocycles. The van der Waals surface area contributed by atoms with E-state index in [-0.39, 0.29) is 24.7 Å². The largest absolute Gasteiger partial charge is 0.495 e. The molecule has 0 fully saturated rings. The van der Waals surface area contributed by atoms with Gasteiger partial charge in [-0.05, 0) is 29.7 Å². The zero-order valence-corrected chi connectivity index (χ0v) is 14.3. The number of hydrogen-bond donors (Lipinski definition) is 1. The van der Waals surface area contributed by atoms with Crippen molar-refractivity contribution in [1.29, 1.82) is 0 Å². The van der Waals surface area contributed by atoms with Crippen LogP contribution in [0.1, 0.15) is 24.0 Å². The van der Waals surface area contributed by atoms with Crippen molar-refractivity contribution in [1.82, 2.24) is 4.90 Å². The summed E-state index contributed by atoms with van der Waals surface area (Å²) in [5.74, 6) is 0.440. The van der Waals surface area contributed by atoms with Crippen LogP contribution in [0.2, 0.25) is 0 Å². The minimum atomic E-state index is -0.185. The van der Waals surface area contributed by atoms with Gasteiger partial charge in [0.15, 0.2) is 0 Å². The van der Waals surface area contributed by atoms with Crippen molar-refractivity contribution in [3.05, 3.63) is 59.7 Å². The zero-order valence-electron chi connectivity index (χ0n) is 14.3. The fourth-order valence-corrected chi connectivity index (χ4v) is 3.05. The second-order valence-electron chi connectivity index (χ2n) is 6.08. The summed E-state index contributed by atoms with van der Waals surface area (Å²) in [4.78, 5) is 26.4. The Morgan fingerprint density at radius 1 is 1.04 bits per heavy atom. The fraction of sp³-hybridized carbons (Fsp3) is 0.300. The molecule has 130 valence electrons. The number of nitrogens with zero attached hydrogens (tertiary/aromatic N) is 1. The molecule has 0 unspecified atom stereocenters. The third-order valence-corrected chi connectivity index (χ3v) is 4.43. The van der Waals surface area contributed by atoms with Gasteiger partial charge in [-0.15, -0.1) is 0 Å². The van der Waals surface area contributed by atoms with Gasteiger partial charge in [0.05, 0.1) is 12.8 Å². The second-order valence-corrected chi connectivity index (χ2v) is 6.08. The van der Waals surface area contributed by atoms with Crippen LogP contribution in [0, 0.1) is 0 Å². The minimum Gasteiger partial charge on any atom is -0.495 e. The number of rotatable bonds is 5. The van der Waals surface area contributed by atoms with Gasteiger partial charge in [-0.25, -0.2) is 0 Å². The lowest BCUT2D eigenvalue weighted by atomic mass is 9.99. The van der Waals surface area contributed by atoms with E-state index >= 15 is 0 Å². The zero-order chi connectivity index (χ0) is 17.6. The van der Waals surface area contributed by atoms with E-state index in [4.69, 9.17) is 4.74 Å². The molecule has 0 radical (unpaired) electrons. The Morgan fingerprint density at radius 3 is 2.56 bits per heavy atom. The molecule has 0 aromatic heterocycles. The van der Waals surface area contributed by atoms with Crippen molar-refractivity contribution >= 4 is 17.5 Å². The molecule has 25 heavy (non-hydrogen) atoms. The normalized spacial score (nSPS) is 13.1. The highest BCUT2D eigenvalue weighted by molar-refractivity contribution is 5.94. The molecule has 1 N–H and O–H groups in total. The molecule has 0 saturated carbocycles. The molecule has 0 atom stereocenters. The summed E-state index contributed by atoms with van der Waals surface area (Å²) < 4.78 is 5.21. The summed E-state index contributed by atoms with van der Waals surface area (Å²) in [5.41, 5.74) is 3.12. The monoisotopic (exact) mass is 338 g/mol. The highest BCUT2D eigenvalue weighted by atomic mass is 16.5. The number of benzene rings is 2. The number of hydrogen-bond acceptors (Lipinski definition) is 3. The third kappa shape index (κ3) is 4.18. The first-order valence-electron chi connectivity index (χ1n) is 8.45. The second kappa shape index (κ2) is 7.83. The van der Waals surface area contributed by atoms with Crippen molar-refractivity contribution in [2.45, 2.75) is 25.8 Å². The Morgan fingerprint density at radius 2 is 1.76 bits per heavy atom. The van der Waals surface area contributed by atoms with Crippen LogP contribution in [0.4, 0.5) is 5.69 Å². The molecule has 2 aromatic rings. The maximum absolute atomic E-state index is 12.4. The molecule has 3 rings (SSSR count). The summed E-state index contributed by atoms with van der Waals surface area (Å²) in [7, 11) is 1.56. The average molecular weight is 338 g/mol. The lowest BCUT2D eigenvalue weighted by Gasteiger charge is -2.28. The van der Waals surface area contributed by atoms with Crippen LogP contribution in [0.3, 0.4) is 0 Å². The molecule has 5 heteroatoms. The van der Waals surface area contributed by atoms with E-state index in [1.165, 1.54) is 11.1 Å². The molecule has 2 amide bonds. The fourth-order valence-electron chi connectivity index (χ4n) is 3.05. The number of methoxy groups -OCH3 is 1. The maximum atomic E-state index is 12.4. The van der Waals surface area contributed by atoms with Crippen LogP contribution >= 0.6 is 0 Å². The number of carbonyl (C=O) groups is 2. The van der Waals surface area contributed by atoms with Gasteiger partial charge in [-0.2, -0.15) is 0 Å². The molecule has 1 aliphatic rings. The number of nitrogens with one attached hydrogen (secondary N) is 1. The van der Waals surface area contributed by atoms with Crippen LogP contribution in [-0.2, 0) is 22.6 Å². The summed E-state index contributed by atoms with van der Waals surface area (Å²) in [6, 6.07) is 15.4. The van der Waals surface area contributed by atoms with E-state index in [0.717, 1.165) is 6.42 Å². The van der Waals surface area contributed by atoms with Crippen molar-refractivity contribution in [2.24, 2.45) is 0 Å². The van der Waals surface area contributed by atoms with Gasteiger partial charge in [-0.1, -0.05) is 36.4 Å². The Hall–Kier alpha value is -2.82. The van der Waals surface area contributed by atoms with Crippen LogP contribution in [0.15, 0.2) is 48.5 Å². The average Bonchev–Trinajstić information content (AvgIpc) is 2.66. The number of anilines is 1. The first-order chi connectivity index (χ1) is 12.2. The highest BCUT2D eigenvalue weighted by Crippen LogP contribution is 2.23. The van der Waals surface area contributed by atoms with E-state index in [2.05, 4.69) is 17.4 Å². The molecule has 5 nitrogen and oxygen atoms in total. The molecular formula is C20H22N2O3. The Kier molecular flexibility index (Phi) is 5.33. The van der Waals surface area contributed by atoms with Gasteiger partial charge in [-0.3, -0.25) is 9.59 Å². The minimum absolute atomic E-state index is 0.0182. The molecule has 0 spiro atoms. The Balaban J connectivity index is 1.52. The lowest BCUT2D eigenvalue weighted by Crippen LogP contribution is -2.36. The summed E-state index contributed by atoms with van der Waals surface area (Å²) in [6.45, 7) is 1.34. The molecule has 0 saturated heterocycles. The van der Waals surface area contributed by atoms with E-state index in [1.54, 1.807) is 19.2 Å². The number of ether oxygens (including phenoxy) is 1. The number of carbonyl (C=O) groups excluding carboxylic acids is 2. The predicted molar refractivity (Wildman–Crippen MR) is 96.4 cm³/mol. The smallest absolute Gasteiger partial charge is 0.224 e. The molecular weight excluding hydrogens is 316 g/mol. The molecule has 1 heterocycles. The standard InChI is InChI=1S/C20H22N2O3/c1-25-18-9-5-4-8-17(18)21-19(23)10-11-20(24)22-13-12-15-6-2-3-7-16(15)14-22/h2-9H,10-14H2,1H3,(H,21,23).